The Hall–Kier alpha value is -1.10. The Labute approximate surface area is 52.3 Å². The Morgan fingerprint density at radius 1 is 2.00 bits per heavy atom. The number of nitrogens with zero attached hydrogens (tertiary/aromatic N) is 1. The van der Waals surface area contributed by atoms with E-state index in [-0.39, 0.29) is 6.61 Å². The third kappa shape index (κ3) is 4.76. The maximum atomic E-state index is 10.1. The van der Waals surface area contributed by atoms with Crippen molar-refractivity contribution in [2.75, 3.05) is 6.61 Å². The molecule has 5 heteroatoms. The predicted octanol–water partition coefficient (Wildman–Crippen LogP) is -0.486. The summed E-state index contributed by atoms with van der Waals surface area (Å²) in [6.07, 6.45) is 1.39. The summed E-state index contributed by atoms with van der Waals surface area (Å²) in [6, 6.07) is 0. The third-order valence-electron chi connectivity index (χ3n) is 0.500. The van der Waals surface area contributed by atoms with Gasteiger partial charge in [0.25, 0.3) is 5.91 Å². The van der Waals surface area contributed by atoms with Gasteiger partial charge in [0.15, 0.2) is 6.61 Å². The van der Waals surface area contributed by atoms with Crippen LogP contribution in [0.2, 0.25) is 0 Å². The first-order chi connectivity index (χ1) is 4.31. The zero-order chi connectivity index (χ0) is 7.11. The SMILES string of the molecule is CC=NOCC(=O)NO. The van der Waals surface area contributed by atoms with E-state index in [1.807, 2.05) is 0 Å². The molecule has 0 aromatic rings. The van der Waals surface area contributed by atoms with Gasteiger partial charge in [-0.1, -0.05) is 5.16 Å². The Kier molecular flexibility index (Phi) is 4.43. The maximum absolute atomic E-state index is 10.1. The van der Waals surface area contributed by atoms with Gasteiger partial charge in [-0.2, -0.15) is 0 Å². The summed E-state index contributed by atoms with van der Waals surface area (Å²) in [6.45, 7) is 1.39. The minimum absolute atomic E-state index is 0.263. The maximum Gasteiger partial charge on any atom is 0.284 e. The molecule has 0 aliphatic rings. The van der Waals surface area contributed by atoms with Crippen molar-refractivity contribution in [1.82, 2.24) is 5.48 Å². The molecule has 52 valence electrons. The first-order valence-electron chi connectivity index (χ1n) is 2.34. The molecule has 0 aliphatic heterocycles. The number of nitrogens with one attached hydrogen (secondary N) is 1. The zero-order valence-corrected chi connectivity index (χ0v) is 5.00. The topological polar surface area (TPSA) is 70.9 Å². The largest absolute Gasteiger partial charge is 0.386 e. The Balaban J connectivity index is 3.17. The van der Waals surface area contributed by atoms with Crippen LogP contribution in [0.15, 0.2) is 5.16 Å². The van der Waals surface area contributed by atoms with Crippen molar-refractivity contribution in [2.45, 2.75) is 6.92 Å². The fourth-order valence-corrected chi connectivity index (χ4v) is 0.203. The van der Waals surface area contributed by atoms with Gasteiger partial charge >= 0.3 is 0 Å². The molecule has 9 heavy (non-hydrogen) atoms. The molecule has 0 bridgehead atoms. The summed E-state index contributed by atoms with van der Waals surface area (Å²) in [5, 5.41) is 11.2. The minimum atomic E-state index is -0.624. The number of hydroxylamine groups is 1. The van der Waals surface area contributed by atoms with Crippen molar-refractivity contribution < 1.29 is 14.8 Å². The lowest BCUT2D eigenvalue weighted by Gasteiger charge is -1.93. The lowest BCUT2D eigenvalue weighted by atomic mass is 10.7. The number of oxime groups is 1. The molecule has 0 saturated heterocycles. The highest BCUT2D eigenvalue weighted by Gasteiger charge is 1.95. The molecule has 0 fully saturated rings. The quantitative estimate of drug-likeness (QED) is 0.309. The number of carbonyl (C=O) groups excluding carboxylic acids is 1. The summed E-state index contributed by atoms with van der Waals surface area (Å²) >= 11 is 0. The van der Waals surface area contributed by atoms with E-state index in [9.17, 15) is 4.79 Å². The molecule has 0 aromatic carbocycles. The van der Waals surface area contributed by atoms with Crippen LogP contribution in [0.25, 0.3) is 0 Å². The van der Waals surface area contributed by atoms with Crippen LogP contribution in [0.5, 0.6) is 0 Å². The van der Waals surface area contributed by atoms with E-state index >= 15 is 0 Å². The molecule has 0 radical (unpaired) electrons. The molecule has 0 spiro atoms. The second-order valence-corrected chi connectivity index (χ2v) is 1.17. The molecule has 0 aromatic heterocycles. The molecular formula is C4H8N2O3. The van der Waals surface area contributed by atoms with Gasteiger partial charge in [-0.3, -0.25) is 10.0 Å². The van der Waals surface area contributed by atoms with Crippen LogP contribution in [-0.4, -0.2) is 23.9 Å². The Bertz CT molecular complexity index is 112. The highest BCUT2D eigenvalue weighted by Crippen LogP contribution is 1.72. The second-order valence-electron chi connectivity index (χ2n) is 1.17. The molecule has 0 rings (SSSR count). The molecule has 5 nitrogen and oxygen atoms in total. The van der Waals surface area contributed by atoms with Gasteiger partial charge in [0.2, 0.25) is 0 Å². The lowest BCUT2D eigenvalue weighted by Crippen LogP contribution is -2.22. The number of hydrogen-bond donors (Lipinski definition) is 2. The van der Waals surface area contributed by atoms with Gasteiger partial charge in [0.05, 0.1) is 0 Å². The van der Waals surface area contributed by atoms with Crippen LogP contribution in [0.4, 0.5) is 0 Å². The molecule has 0 heterocycles. The molecular weight excluding hydrogens is 124 g/mol. The highest BCUT2D eigenvalue weighted by atomic mass is 16.6. The van der Waals surface area contributed by atoms with E-state index in [1.165, 1.54) is 11.7 Å². The number of amides is 1. The molecule has 0 saturated carbocycles. The van der Waals surface area contributed by atoms with Crippen LogP contribution in [-0.2, 0) is 9.63 Å². The zero-order valence-electron chi connectivity index (χ0n) is 5.00. The summed E-state index contributed by atoms with van der Waals surface area (Å²) in [5.74, 6) is -0.624. The van der Waals surface area contributed by atoms with Crippen LogP contribution in [0.3, 0.4) is 0 Å². The minimum Gasteiger partial charge on any atom is -0.386 e. The predicted molar refractivity (Wildman–Crippen MR) is 30.0 cm³/mol. The molecule has 1 amide bonds. The number of hydrogen-bond acceptors (Lipinski definition) is 4. The van der Waals surface area contributed by atoms with E-state index in [4.69, 9.17) is 5.21 Å². The van der Waals surface area contributed by atoms with Crippen molar-refractivity contribution in [3.05, 3.63) is 0 Å². The van der Waals surface area contributed by atoms with Gasteiger partial charge in [-0.25, -0.2) is 5.48 Å². The van der Waals surface area contributed by atoms with E-state index in [2.05, 4.69) is 9.99 Å². The van der Waals surface area contributed by atoms with Gasteiger partial charge in [0.1, 0.15) is 0 Å². The van der Waals surface area contributed by atoms with E-state index in [0.717, 1.165) is 0 Å². The lowest BCUT2D eigenvalue weighted by molar-refractivity contribution is -0.133. The Morgan fingerprint density at radius 3 is 3.11 bits per heavy atom. The van der Waals surface area contributed by atoms with Crippen molar-refractivity contribution in [3.63, 3.8) is 0 Å². The third-order valence-corrected chi connectivity index (χ3v) is 0.500. The molecule has 0 unspecified atom stereocenters. The molecule has 0 aliphatic carbocycles. The second kappa shape index (κ2) is 5.04. The van der Waals surface area contributed by atoms with E-state index in [1.54, 1.807) is 6.92 Å². The first kappa shape index (κ1) is 7.90. The fourth-order valence-electron chi connectivity index (χ4n) is 0.203. The Morgan fingerprint density at radius 2 is 2.67 bits per heavy atom. The summed E-state index contributed by atoms with van der Waals surface area (Å²) in [4.78, 5) is 14.5. The molecule has 0 atom stereocenters. The van der Waals surface area contributed by atoms with Crippen LogP contribution < -0.4 is 5.48 Å². The fraction of sp³-hybridized carbons (Fsp3) is 0.500. The van der Waals surface area contributed by atoms with Crippen molar-refractivity contribution in [2.24, 2.45) is 5.16 Å². The first-order valence-corrected chi connectivity index (χ1v) is 2.34. The monoisotopic (exact) mass is 132 g/mol. The number of carbonyl (C=O) groups is 1. The van der Waals surface area contributed by atoms with Crippen LogP contribution in [0, 0.1) is 0 Å². The number of rotatable bonds is 3. The van der Waals surface area contributed by atoms with Gasteiger partial charge in [-0.05, 0) is 6.92 Å². The van der Waals surface area contributed by atoms with Crippen LogP contribution in [0.1, 0.15) is 6.92 Å². The summed E-state index contributed by atoms with van der Waals surface area (Å²) < 4.78 is 0. The van der Waals surface area contributed by atoms with Crippen molar-refractivity contribution in [1.29, 1.82) is 0 Å². The van der Waals surface area contributed by atoms with Crippen molar-refractivity contribution >= 4 is 12.1 Å². The van der Waals surface area contributed by atoms with E-state index < -0.39 is 5.91 Å². The van der Waals surface area contributed by atoms with E-state index in [0.29, 0.717) is 0 Å². The average molecular weight is 132 g/mol. The van der Waals surface area contributed by atoms with Crippen LogP contribution >= 0.6 is 0 Å². The average Bonchev–Trinajstić information content (AvgIpc) is 1.89. The summed E-state index contributed by atoms with van der Waals surface area (Å²) in [7, 11) is 0. The van der Waals surface area contributed by atoms with Gasteiger partial charge in [0, 0.05) is 6.21 Å². The molecule has 2 N–H and O–H groups in total. The van der Waals surface area contributed by atoms with Gasteiger partial charge < -0.3 is 4.84 Å². The standard InChI is InChI=1S/C4H8N2O3/c1-2-5-9-3-4(7)6-8/h2,8H,3H2,1H3,(H,6,7). The van der Waals surface area contributed by atoms with Gasteiger partial charge in [-0.15, -0.1) is 0 Å². The normalized spacial score (nSPS) is 9.56. The summed E-state index contributed by atoms with van der Waals surface area (Å²) in [5.41, 5.74) is 1.39. The smallest absolute Gasteiger partial charge is 0.284 e. The van der Waals surface area contributed by atoms with Crippen molar-refractivity contribution in [3.8, 4) is 0 Å². The highest BCUT2D eigenvalue weighted by molar-refractivity contribution is 5.75.